The van der Waals surface area contributed by atoms with E-state index in [1.165, 1.54) is 17.8 Å². The molecule has 0 unspecified atom stereocenters. The zero-order chi connectivity index (χ0) is 18.4. The molecule has 4 rings (SSSR count). The fourth-order valence-corrected chi connectivity index (χ4v) is 2.91. The molecule has 0 aliphatic heterocycles. The van der Waals surface area contributed by atoms with E-state index >= 15 is 0 Å². The Bertz CT molecular complexity index is 1250. The van der Waals surface area contributed by atoms with Gasteiger partial charge in [0.2, 0.25) is 0 Å². The zero-order valence-electron chi connectivity index (χ0n) is 14.5. The lowest BCUT2D eigenvalue weighted by Gasteiger charge is -2.09. The first-order chi connectivity index (χ1) is 12.5. The minimum Gasteiger partial charge on any atom is -0.279 e. The normalized spacial score (nSPS) is 11.2. The van der Waals surface area contributed by atoms with Crippen LogP contribution in [-0.4, -0.2) is 28.9 Å². The summed E-state index contributed by atoms with van der Waals surface area (Å²) < 4.78 is 4.00. The molecule has 130 valence electrons. The van der Waals surface area contributed by atoms with E-state index in [-0.39, 0.29) is 11.2 Å². The summed E-state index contributed by atoms with van der Waals surface area (Å²) in [6.45, 7) is 1.89. The van der Waals surface area contributed by atoms with Crippen molar-refractivity contribution in [3.63, 3.8) is 0 Å². The van der Waals surface area contributed by atoms with Crippen LogP contribution >= 0.6 is 0 Å². The predicted octanol–water partition coefficient (Wildman–Crippen LogP) is 1.19. The maximum atomic E-state index is 12.3. The van der Waals surface area contributed by atoms with E-state index in [4.69, 9.17) is 0 Å². The van der Waals surface area contributed by atoms with Gasteiger partial charge >= 0.3 is 5.69 Å². The molecule has 8 nitrogen and oxygen atoms in total. The molecule has 8 heteroatoms. The van der Waals surface area contributed by atoms with Crippen LogP contribution in [0.1, 0.15) is 5.69 Å². The molecule has 3 heterocycles. The first-order valence-corrected chi connectivity index (χ1v) is 8.02. The van der Waals surface area contributed by atoms with Crippen LogP contribution in [0.2, 0.25) is 0 Å². The Balaban J connectivity index is 2.00. The van der Waals surface area contributed by atoms with Crippen LogP contribution in [0.25, 0.3) is 28.2 Å². The second-order valence-corrected chi connectivity index (χ2v) is 6.05. The van der Waals surface area contributed by atoms with Gasteiger partial charge in [-0.3, -0.25) is 13.9 Å². The molecule has 0 radical (unpaired) electrons. The van der Waals surface area contributed by atoms with E-state index in [9.17, 15) is 9.59 Å². The summed E-state index contributed by atoms with van der Waals surface area (Å²) >= 11 is 0. The lowest BCUT2D eigenvalue weighted by molar-refractivity contribution is 0.701. The third-order valence-corrected chi connectivity index (χ3v) is 4.26. The molecule has 4 aromatic rings. The van der Waals surface area contributed by atoms with Crippen molar-refractivity contribution < 1.29 is 0 Å². The van der Waals surface area contributed by atoms with Crippen molar-refractivity contribution in [2.45, 2.75) is 6.92 Å². The van der Waals surface area contributed by atoms with Gasteiger partial charge in [0, 0.05) is 19.7 Å². The molecule has 26 heavy (non-hydrogen) atoms. The Hall–Kier alpha value is -3.55. The average molecular weight is 348 g/mol. The Morgan fingerprint density at radius 3 is 2.46 bits per heavy atom. The lowest BCUT2D eigenvalue weighted by Crippen LogP contribution is -2.37. The van der Waals surface area contributed by atoms with Gasteiger partial charge in [-0.1, -0.05) is 30.3 Å². The standard InChI is InChI=1S/C18H16N6O2/c1-11-9-13(12-7-5-4-6-8-12)24(21-11)14-10-19-15-16(20-14)22(2)18(26)23(3)17(15)25/h4-10H,1-3H3. The van der Waals surface area contributed by atoms with Crippen molar-refractivity contribution in [1.29, 1.82) is 0 Å². The van der Waals surface area contributed by atoms with Crippen LogP contribution in [0.5, 0.6) is 0 Å². The molecule has 0 atom stereocenters. The van der Waals surface area contributed by atoms with Gasteiger partial charge in [0.25, 0.3) is 5.56 Å². The number of hydrogen-bond acceptors (Lipinski definition) is 5. The highest BCUT2D eigenvalue weighted by atomic mass is 16.2. The number of benzene rings is 1. The summed E-state index contributed by atoms with van der Waals surface area (Å²) in [5.74, 6) is 0.438. The number of hydrogen-bond donors (Lipinski definition) is 0. The van der Waals surface area contributed by atoms with Crippen molar-refractivity contribution in [2.24, 2.45) is 14.1 Å². The third kappa shape index (κ3) is 2.34. The SMILES string of the molecule is Cc1cc(-c2ccccc2)n(-c2cnc3c(=O)n(C)c(=O)n(C)c3n2)n1. The Morgan fingerprint density at radius 2 is 1.73 bits per heavy atom. The van der Waals surface area contributed by atoms with Gasteiger partial charge in [-0.2, -0.15) is 5.10 Å². The second kappa shape index (κ2) is 5.76. The topological polar surface area (TPSA) is 87.6 Å². The van der Waals surface area contributed by atoms with Gasteiger partial charge in [0.15, 0.2) is 17.0 Å². The van der Waals surface area contributed by atoms with Crippen LogP contribution in [0, 0.1) is 6.92 Å². The molecule has 3 aromatic heterocycles. The quantitative estimate of drug-likeness (QED) is 0.543. The Kier molecular flexibility index (Phi) is 3.54. The lowest BCUT2D eigenvalue weighted by atomic mass is 10.1. The number of nitrogens with zero attached hydrogens (tertiary/aromatic N) is 6. The molecule has 0 bridgehead atoms. The number of aromatic nitrogens is 6. The van der Waals surface area contributed by atoms with Gasteiger partial charge in [-0.25, -0.2) is 19.4 Å². The van der Waals surface area contributed by atoms with Crippen LogP contribution in [0.4, 0.5) is 0 Å². The molecule has 0 amide bonds. The van der Waals surface area contributed by atoms with Crippen LogP contribution in [0.3, 0.4) is 0 Å². The van der Waals surface area contributed by atoms with Gasteiger partial charge in [-0.15, -0.1) is 0 Å². The summed E-state index contributed by atoms with van der Waals surface area (Å²) in [4.78, 5) is 33.2. The molecular formula is C18H16N6O2. The monoisotopic (exact) mass is 348 g/mol. The fourth-order valence-electron chi connectivity index (χ4n) is 2.91. The van der Waals surface area contributed by atoms with Crippen molar-refractivity contribution in [3.8, 4) is 17.1 Å². The smallest absolute Gasteiger partial charge is 0.279 e. The Labute approximate surface area is 148 Å². The van der Waals surface area contributed by atoms with E-state index in [1.54, 1.807) is 11.7 Å². The first-order valence-electron chi connectivity index (χ1n) is 8.02. The van der Waals surface area contributed by atoms with E-state index in [0.717, 1.165) is 21.5 Å². The molecule has 0 fully saturated rings. The van der Waals surface area contributed by atoms with E-state index in [2.05, 4.69) is 15.1 Å². The molecular weight excluding hydrogens is 332 g/mol. The van der Waals surface area contributed by atoms with Crippen LogP contribution in [-0.2, 0) is 14.1 Å². The van der Waals surface area contributed by atoms with Crippen molar-refractivity contribution in [2.75, 3.05) is 0 Å². The maximum Gasteiger partial charge on any atom is 0.332 e. The van der Waals surface area contributed by atoms with E-state index in [0.29, 0.717) is 5.82 Å². The van der Waals surface area contributed by atoms with Crippen molar-refractivity contribution >= 4 is 11.2 Å². The van der Waals surface area contributed by atoms with E-state index < -0.39 is 11.2 Å². The molecule has 0 spiro atoms. The highest BCUT2D eigenvalue weighted by molar-refractivity contribution is 5.70. The Morgan fingerprint density at radius 1 is 1.00 bits per heavy atom. The summed E-state index contributed by atoms with van der Waals surface area (Å²) in [5.41, 5.74) is 2.10. The minimum atomic E-state index is -0.470. The maximum absolute atomic E-state index is 12.3. The molecule has 0 aliphatic carbocycles. The zero-order valence-corrected chi connectivity index (χ0v) is 14.5. The van der Waals surface area contributed by atoms with Crippen molar-refractivity contribution in [1.82, 2.24) is 28.9 Å². The summed E-state index contributed by atoms with van der Waals surface area (Å²) in [7, 11) is 2.99. The van der Waals surface area contributed by atoms with Crippen molar-refractivity contribution in [3.05, 3.63) is 69.1 Å². The van der Waals surface area contributed by atoms with Crippen LogP contribution in [0.15, 0.2) is 52.2 Å². The van der Waals surface area contributed by atoms with Gasteiger partial charge in [-0.05, 0) is 13.0 Å². The third-order valence-electron chi connectivity index (χ3n) is 4.26. The molecule has 0 saturated heterocycles. The summed E-state index contributed by atoms with van der Waals surface area (Å²) in [6, 6.07) is 11.7. The number of aryl methyl sites for hydroxylation is 2. The highest BCUT2D eigenvalue weighted by Gasteiger charge is 2.15. The van der Waals surface area contributed by atoms with Crippen LogP contribution < -0.4 is 11.2 Å². The molecule has 0 saturated carbocycles. The number of fused-ring (bicyclic) bond motifs is 1. The number of rotatable bonds is 2. The fraction of sp³-hybridized carbons (Fsp3) is 0.167. The molecule has 0 aliphatic rings. The largest absolute Gasteiger partial charge is 0.332 e. The summed E-state index contributed by atoms with van der Waals surface area (Å²) in [5, 5.41) is 4.50. The first kappa shape index (κ1) is 15.9. The van der Waals surface area contributed by atoms with Gasteiger partial charge < -0.3 is 0 Å². The second-order valence-electron chi connectivity index (χ2n) is 6.05. The molecule has 1 aromatic carbocycles. The predicted molar refractivity (Wildman–Crippen MR) is 97.3 cm³/mol. The van der Waals surface area contributed by atoms with Gasteiger partial charge in [0.05, 0.1) is 17.6 Å². The molecule has 0 N–H and O–H groups in total. The highest BCUT2D eigenvalue weighted by Crippen LogP contribution is 2.23. The van der Waals surface area contributed by atoms with Gasteiger partial charge in [0.1, 0.15) is 0 Å². The minimum absolute atomic E-state index is 0.142. The average Bonchev–Trinajstić information content (AvgIpc) is 3.06. The van der Waals surface area contributed by atoms with E-state index in [1.807, 2.05) is 43.3 Å². The summed E-state index contributed by atoms with van der Waals surface area (Å²) in [6.07, 6.45) is 1.49.